The zero-order valence-corrected chi connectivity index (χ0v) is 24.8. The Morgan fingerprint density at radius 2 is 1.71 bits per heavy atom. The van der Waals surface area contributed by atoms with E-state index in [2.05, 4.69) is 21.1 Å². The molecule has 0 fully saturated rings. The fourth-order valence-corrected chi connectivity index (χ4v) is 4.79. The minimum atomic E-state index is -0.440. The third-order valence-electron chi connectivity index (χ3n) is 7.26. The van der Waals surface area contributed by atoms with Crippen LogP contribution in [0.15, 0.2) is 53.1 Å². The van der Waals surface area contributed by atoms with Crippen LogP contribution in [0.1, 0.15) is 35.7 Å². The SMILES string of the molecule is CO[C@H]1CN(C)C(=O)c2ccc(NC(=O)Nc3ccccc3)cc2OC[C@H](C)N(C(=O)Nc2c(C)noc2C)C[C@H]1C. The van der Waals surface area contributed by atoms with Crippen LogP contribution in [-0.2, 0) is 4.74 Å². The van der Waals surface area contributed by atoms with E-state index in [1.165, 1.54) is 0 Å². The van der Waals surface area contributed by atoms with Gasteiger partial charge in [0.1, 0.15) is 23.7 Å². The van der Waals surface area contributed by atoms with Crippen molar-refractivity contribution in [3.05, 3.63) is 65.5 Å². The van der Waals surface area contributed by atoms with Crippen LogP contribution >= 0.6 is 0 Å². The topological polar surface area (TPSA) is 138 Å². The van der Waals surface area contributed by atoms with Crippen LogP contribution in [0.4, 0.5) is 26.7 Å². The van der Waals surface area contributed by atoms with Crippen LogP contribution in [0.25, 0.3) is 0 Å². The number of nitrogens with one attached hydrogen (secondary N) is 3. The molecule has 0 bridgehead atoms. The third-order valence-corrected chi connectivity index (χ3v) is 7.26. The molecule has 3 aromatic rings. The van der Waals surface area contributed by atoms with Crippen LogP contribution in [0, 0.1) is 19.8 Å². The Kier molecular flexibility index (Phi) is 9.68. The second-order valence-corrected chi connectivity index (χ2v) is 10.5. The highest BCUT2D eigenvalue weighted by molar-refractivity contribution is 6.01. The molecule has 0 aliphatic carbocycles. The predicted octanol–water partition coefficient (Wildman–Crippen LogP) is 4.97. The molecule has 42 heavy (non-hydrogen) atoms. The van der Waals surface area contributed by atoms with Crippen molar-refractivity contribution in [2.45, 2.75) is 39.8 Å². The van der Waals surface area contributed by atoms with E-state index in [0.29, 0.717) is 47.2 Å². The number of likely N-dealkylation sites (N-methyl/N-ethyl adjacent to an activating group) is 1. The average Bonchev–Trinajstić information content (AvgIpc) is 3.28. The number of rotatable bonds is 4. The van der Waals surface area contributed by atoms with Crippen LogP contribution in [0.3, 0.4) is 0 Å². The summed E-state index contributed by atoms with van der Waals surface area (Å²) in [6.07, 6.45) is -0.341. The fourth-order valence-electron chi connectivity index (χ4n) is 4.79. The van der Waals surface area contributed by atoms with Crippen LogP contribution in [0.2, 0.25) is 0 Å². The quantitative estimate of drug-likeness (QED) is 0.397. The van der Waals surface area contributed by atoms with Crippen molar-refractivity contribution in [3.8, 4) is 5.75 Å². The first-order chi connectivity index (χ1) is 20.1. The number of nitrogens with zero attached hydrogens (tertiary/aromatic N) is 3. The van der Waals surface area contributed by atoms with E-state index >= 15 is 0 Å². The summed E-state index contributed by atoms with van der Waals surface area (Å²) in [6, 6.07) is 12.8. The first-order valence-electron chi connectivity index (χ1n) is 13.8. The van der Waals surface area contributed by atoms with Gasteiger partial charge >= 0.3 is 12.1 Å². The zero-order chi connectivity index (χ0) is 30.4. The van der Waals surface area contributed by atoms with Crippen LogP contribution < -0.4 is 20.7 Å². The number of hydrogen-bond donors (Lipinski definition) is 3. The van der Waals surface area contributed by atoms with Gasteiger partial charge in [0.2, 0.25) is 0 Å². The molecule has 0 saturated heterocycles. The number of benzene rings is 2. The number of para-hydroxylation sites is 1. The molecule has 3 N–H and O–H groups in total. The summed E-state index contributed by atoms with van der Waals surface area (Å²) >= 11 is 0. The van der Waals surface area contributed by atoms with Crippen molar-refractivity contribution in [2.24, 2.45) is 5.92 Å². The van der Waals surface area contributed by atoms with E-state index in [-0.39, 0.29) is 36.3 Å². The summed E-state index contributed by atoms with van der Waals surface area (Å²) in [5.74, 6) is 0.426. The molecule has 3 atom stereocenters. The number of carbonyl (C=O) groups is 3. The van der Waals surface area contributed by atoms with E-state index in [1.807, 2.05) is 32.0 Å². The van der Waals surface area contributed by atoms with Gasteiger partial charge in [-0.2, -0.15) is 0 Å². The minimum Gasteiger partial charge on any atom is -0.491 e. The van der Waals surface area contributed by atoms with Crippen molar-refractivity contribution >= 4 is 35.0 Å². The number of urea groups is 2. The molecule has 1 aliphatic heterocycles. The second kappa shape index (κ2) is 13.4. The van der Waals surface area contributed by atoms with E-state index < -0.39 is 12.1 Å². The van der Waals surface area contributed by atoms with Crippen molar-refractivity contribution in [1.29, 1.82) is 0 Å². The lowest BCUT2D eigenvalue weighted by Crippen LogP contribution is -2.50. The van der Waals surface area contributed by atoms with Crippen molar-refractivity contribution < 1.29 is 28.4 Å². The van der Waals surface area contributed by atoms with E-state index in [9.17, 15) is 14.4 Å². The van der Waals surface area contributed by atoms with Gasteiger partial charge in [0, 0.05) is 50.6 Å². The highest BCUT2D eigenvalue weighted by Gasteiger charge is 2.31. The Hall–Kier alpha value is -4.58. The van der Waals surface area contributed by atoms with Gasteiger partial charge in [-0.1, -0.05) is 30.3 Å². The number of amides is 5. The maximum atomic E-state index is 13.6. The third kappa shape index (κ3) is 7.19. The average molecular weight is 579 g/mol. The van der Waals surface area contributed by atoms with Gasteiger partial charge < -0.3 is 39.7 Å². The van der Waals surface area contributed by atoms with Crippen LogP contribution in [-0.4, -0.2) is 78.9 Å². The molecule has 1 aromatic heterocycles. The van der Waals surface area contributed by atoms with E-state index in [1.54, 1.807) is 68.1 Å². The molecule has 0 radical (unpaired) electrons. The largest absolute Gasteiger partial charge is 0.491 e. The molecule has 4 rings (SSSR count). The number of ether oxygens (including phenoxy) is 2. The Bertz CT molecular complexity index is 1390. The highest BCUT2D eigenvalue weighted by atomic mass is 16.5. The van der Waals surface area contributed by atoms with Crippen LogP contribution in [0.5, 0.6) is 5.75 Å². The number of anilines is 3. The molecule has 1 aliphatic rings. The summed E-state index contributed by atoms with van der Waals surface area (Å²) in [6.45, 7) is 8.07. The Morgan fingerprint density at radius 3 is 2.38 bits per heavy atom. The van der Waals surface area contributed by atoms with Crippen molar-refractivity contribution in [2.75, 3.05) is 49.8 Å². The maximum Gasteiger partial charge on any atom is 0.323 e. The smallest absolute Gasteiger partial charge is 0.323 e. The Labute approximate surface area is 245 Å². The number of carbonyl (C=O) groups excluding carboxylic acids is 3. The number of aryl methyl sites for hydroxylation is 2. The number of aromatic nitrogens is 1. The fraction of sp³-hybridized carbons (Fsp3) is 0.400. The lowest BCUT2D eigenvalue weighted by Gasteiger charge is -2.36. The number of hydrogen-bond acceptors (Lipinski definition) is 7. The Balaban J connectivity index is 1.61. The zero-order valence-electron chi connectivity index (χ0n) is 24.8. The van der Waals surface area contributed by atoms with Gasteiger partial charge in [-0.3, -0.25) is 4.79 Å². The summed E-state index contributed by atoms with van der Waals surface area (Å²) in [4.78, 5) is 42.9. The standard InChI is InChI=1S/C30H38N6O6/c1-18-15-36(30(39)33-27-20(3)34-42-21(27)4)19(2)17-41-25-14-23(32-29(38)31-22-10-8-7-9-11-22)12-13-24(25)28(37)35(5)16-26(18)40-6/h7-14,18-19,26H,15-17H2,1-6H3,(H,33,39)(H2,31,32,38)/t18-,19+,26+/m1/s1. The predicted molar refractivity (Wildman–Crippen MR) is 159 cm³/mol. The van der Waals surface area contributed by atoms with Gasteiger partial charge in [-0.05, 0) is 45.0 Å². The highest BCUT2D eigenvalue weighted by Crippen LogP contribution is 2.27. The molecular formula is C30H38N6O6. The van der Waals surface area contributed by atoms with Gasteiger partial charge in [-0.15, -0.1) is 0 Å². The van der Waals surface area contributed by atoms with E-state index in [4.69, 9.17) is 14.0 Å². The van der Waals surface area contributed by atoms with Crippen molar-refractivity contribution in [3.63, 3.8) is 0 Å². The number of fused-ring (bicyclic) bond motifs is 1. The van der Waals surface area contributed by atoms with Crippen molar-refractivity contribution in [1.82, 2.24) is 15.0 Å². The molecule has 2 aromatic carbocycles. The summed E-state index contributed by atoms with van der Waals surface area (Å²) in [7, 11) is 3.29. The maximum absolute atomic E-state index is 13.6. The number of methoxy groups -OCH3 is 1. The molecule has 0 spiro atoms. The Morgan fingerprint density at radius 1 is 1.00 bits per heavy atom. The molecular weight excluding hydrogens is 540 g/mol. The summed E-state index contributed by atoms with van der Waals surface area (Å²) in [5.41, 5.74) is 2.50. The molecule has 0 unspecified atom stereocenters. The molecule has 2 heterocycles. The van der Waals surface area contributed by atoms with E-state index in [0.717, 1.165) is 0 Å². The minimum absolute atomic E-state index is 0.0864. The normalized spacial score (nSPS) is 19.6. The van der Waals surface area contributed by atoms with Gasteiger partial charge in [0.15, 0.2) is 5.76 Å². The molecule has 12 nitrogen and oxygen atoms in total. The van der Waals surface area contributed by atoms with Gasteiger partial charge in [0.25, 0.3) is 5.91 Å². The lowest BCUT2D eigenvalue weighted by atomic mass is 10.0. The summed E-state index contributed by atoms with van der Waals surface area (Å²) in [5, 5.41) is 12.4. The molecule has 12 heteroatoms. The van der Waals surface area contributed by atoms with Gasteiger partial charge in [-0.25, -0.2) is 9.59 Å². The molecule has 224 valence electrons. The molecule has 0 saturated carbocycles. The monoisotopic (exact) mass is 578 g/mol. The molecule has 5 amide bonds. The first-order valence-corrected chi connectivity index (χ1v) is 13.8. The first kappa shape index (κ1) is 30.4. The lowest BCUT2D eigenvalue weighted by molar-refractivity contribution is 0.0174. The van der Waals surface area contributed by atoms with Gasteiger partial charge in [0.05, 0.1) is 17.7 Å². The second-order valence-electron chi connectivity index (χ2n) is 10.5. The summed E-state index contributed by atoms with van der Waals surface area (Å²) < 4.78 is 17.2.